The maximum atomic E-state index is 13.1. The van der Waals surface area contributed by atoms with Gasteiger partial charge in [0.05, 0.1) is 17.7 Å². The van der Waals surface area contributed by atoms with Gasteiger partial charge in [-0.1, -0.05) is 42.1 Å². The number of nitrogens with zero attached hydrogens (tertiary/aromatic N) is 2. The Hall–Kier alpha value is -2.25. The molecule has 106 valence electrons. The van der Waals surface area contributed by atoms with Crippen LogP contribution in [-0.2, 0) is 0 Å². The Balaban J connectivity index is 1.79. The number of anilines is 1. The number of carbonyl (C=O) groups excluding carboxylic acids is 1. The summed E-state index contributed by atoms with van der Waals surface area (Å²) < 4.78 is 0. The lowest BCUT2D eigenvalue weighted by Gasteiger charge is -2.57. The molecule has 5 rings (SSSR count). The van der Waals surface area contributed by atoms with Crippen molar-refractivity contribution in [2.75, 3.05) is 4.90 Å². The highest BCUT2D eigenvalue weighted by molar-refractivity contribution is 8.01. The molecule has 0 unspecified atom stereocenters. The quantitative estimate of drug-likeness (QED) is 0.744. The maximum absolute atomic E-state index is 13.1. The van der Waals surface area contributed by atoms with Crippen LogP contribution in [0.5, 0.6) is 0 Å². The first kappa shape index (κ1) is 12.3. The first-order chi connectivity index (χ1) is 10.8. The van der Waals surface area contributed by atoms with E-state index in [1.807, 2.05) is 47.4 Å². The van der Waals surface area contributed by atoms with Crippen LogP contribution >= 0.6 is 11.8 Å². The van der Waals surface area contributed by atoms with E-state index in [1.165, 1.54) is 0 Å². The minimum Gasteiger partial charge on any atom is -0.291 e. The number of para-hydroxylation sites is 1. The normalized spacial score (nSPS) is 30.5. The minimum atomic E-state index is -0.296. The van der Waals surface area contributed by atoms with E-state index in [9.17, 15) is 10.1 Å². The van der Waals surface area contributed by atoms with Crippen LogP contribution in [0.25, 0.3) is 0 Å². The van der Waals surface area contributed by atoms with Crippen molar-refractivity contribution in [2.24, 2.45) is 5.92 Å². The molecule has 0 aromatic heterocycles. The number of benzene rings is 2. The van der Waals surface area contributed by atoms with Gasteiger partial charge < -0.3 is 0 Å². The van der Waals surface area contributed by atoms with Crippen molar-refractivity contribution in [1.29, 1.82) is 5.26 Å². The van der Waals surface area contributed by atoms with E-state index in [0.29, 0.717) is 0 Å². The average Bonchev–Trinajstić information content (AvgIpc) is 2.88. The summed E-state index contributed by atoms with van der Waals surface area (Å²) >= 11 is 1.76. The van der Waals surface area contributed by atoms with Crippen LogP contribution in [-0.4, -0.2) is 10.8 Å². The Morgan fingerprint density at radius 1 is 1.18 bits per heavy atom. The summed E-state index contributed by atoms with van der Waals surface area (Å²) in [7, 11) is 0. The summed E-state index contributed by atoms with van der Waals surface area (Å²) in [6.45, 7) is 0. The molecule has 1 aliphatic carbocycles. The van der Waals surface area contributed by atoms with Crippen LogP contribution < -0.4 is 4.90 Å². The van der Waals surface area contributed by atoms with Crippen molar-refractivity contribution in [1.82, 2.24) is 0 Å². The Morgan fingerprint density at radius 3 is 2.82 bits per heavy atom. The summed E-state index contributed by atoms with van der Waals surface area (Å²) in [5.41, 5.74) is 2.79. The fourth-order valence-electron chi connectivity index (χ4n) is 4.16. The molecule has 3 nitrogen and oxygen atoms in total. The van der Waals surface area contributed by atoms with Gasteiger partial charge in [-0.05, 0) is 30.2 Å². The highest BCUT2D eigenvalue weighted by atomic mass is 32.2. The number of thioether (sulfide) groups is 1. The van der Waals surface area contributed by atoms with E-state index in [-0.39, 0.29) is 22.6 Å². The molecule has 22 heavy (non-hydrogen) atoms. The average molecular weight is 304 g/mol. The predicted molar refractivity (Wildman–Crippen MR) is 84.7 cm³/mol. The highest BCUT2D eigenvalue weighted by Gasteiger charge is 2.66. The lowest BCUT2D eigenvalue weighted by Crippen LogP contribution is -2.63. The predicted octanol–water partition coefficient (Wildman–Crippen LogP) is 3.78. The molecule has 3 aliphatic rings. The third-order valence-corrected chi connectivity index (χ3v) is 6.59. The number of hydrogen-bond donors (Lipinski definition) is 0. The summed E-state index contributed by atoms with van der Waals surface area (Å²) in [6, 6.07) is 18.3. The Kier molecular flexibility index (Phi) is 2.20. The summed E-state index contributed by atoms with van der Waals surface area (Å²) in [5, 5.41) is 9.49. The van der Waals surface area contributed by atoms with Crippen LogP contribution in [0.3, 0.4) is 0 Å². The topological polar surface area (TPSA) is 44.1 Å². The molecule has 3 atom stereocenters. The Labute approximate surface area is 132 Å². The number of hydrogen-bond acceptors (Lipinski definition) is 3. The molecular weight excluding hydrogens is 292 g/mol. The molecule has 2 aliphatic heterocycles. The maximum Gasteiger partial charge on any atom is 0.259 e. The van der Waals surface area contributed by atoms with Crippen LogP contribution in [0, 0.1) is 17.2 Å². The second-order valence-electron chi connectivity index (χ2n) is 6.06. The van der Waals surface area contributed by atoms with Gasteiger partial charge in [0.1, 0.15) is 4.87 Å². The lowest BCUT2D eigenvalue weighted by molar-refractivity contribution is 0.0896. The zero-order valence-electron chi connectivity index (χ0n) is 11.7. The molecule has 0 radical (unpaired) electrons. The summed E-state index contributed by atoms with van der Waals surface area (Å²) in [5.74, 6) is 0.156. The van der Waals surface area contributed by atoms with E-state index in [4.69, 9.17) is 0 Å². The minimum absolute atomic E-state index is 0.0152. The first-order valence-corrected chi connectivity index (χ1v) is 8.19. The molecule has 4 heteroatoms. The smallest absolute Gasteiger partial charge is 0.259 e. The standard InChI is InChI=1S/C18H12N2OS/c19-10-11-9-18-16(11)12-5-1-2-6-13(12)17(21)20(18)14-7-3-4-8-15(14)22-18/h1-8,11,16H,9H2/t11-,16+,18-/m0/s1. The van der Waals surface area contributed by atoms with Crippen LogP contribution in [0.2, 0.25) is 0 Å². The van der Waals surface area contributed by atoms with Crippen molar-refractivity contribution in [3.8, 4) is 6.07 Å². The number of carbonyl (C=O) groups is 1. The molecule has 1 amide bonds. The number of nitriles is 1. The SMILES string of the molecule is N#C[C@@H]1C[C@@]23Sc4ccccc4N2C(=O)c2ccccc2[C@@H]13. The molecule has 0 bridgehead atoms. The summed E-state index contributed by atoms with van der Waals surface area (Å²) in [4.78, 5) is 15.9. The van der Waals surface area contributed by atoms with Crippen molar-refractivity contribution < 1.29 is 4.79 Å². The van der Waals surface area contributed by atoms with Gasteiger partial charge in [0.25, 0.3) is 5.91 Å². The van der Waals surface area contributed by atoms with Gasteiger partial charge in [-0.15, -0.1) is 0 Å². The lowest BCUT2D eigenvalue weighted by atomic mass is 9.62. The van der Waals surface area contributed by atoms with Gasteiger partial charge >= 0.3 is 0 Å². The number of fused-ring (bicyclic) bond motifs is 4. The van der Waals surface area contributed by atoms with Crippen LogP contribution in [0.15, 0.2) is 53.4 Å². The largest absolute Gasteiger partial charge is 0.291 e. The second-order valence-corrected chi connectivity index (χ2v) is 7.41. The zero-order chi connectivity index (χ0) is 14.9. The molecule has 1 saturated carbocycles. The van der Waals surface area contributed by atoms with Gasteiger partial charge in [0, 0.05) is 16.4 Å². The van der Waals surface area contributed by atoms with E-state index in [1.54, 1.807) is 11.8 Å². The second kappa shape index (κ2) is 3.93. The van der Waals surface area contributed by atoms with E-state index < -0.39 is 0 Å². The van der Waals surface area contributed by atoms with Gasteiger partial charge in [-0.2, -0.15) is 5.26 Å². The van der Waals surface area contributed by atoms with Gasteiger partial charge in [0.15, 0.2) is 0 Å². The van der Waals surface area contributed by atoms with Crippen molar-refractivity contribution in [3.63, 3.8) is 0 Å². The highest BCUT2D eigenvalue weighted by Crippen LogP contribution is 2.69. The van der Waals surface area contributed by atoms with Crippen LogP contribution in [0.4, 0.5) is 5.69 Å². The van der Waals surface area contributed by atoms with E-state index in [2.05, 4.69) is 12.1 Å². The monoisotopic (exact) mass is 304 g/mol. The van der Waals surface area contributed by atoms with Crippen molar-refractivity contribution >= 4 is 23.4 Å². The van der Waals surface area contributed by atoms with Gasteiger partial charge in [0.2, 0.25) is 0 Å². The fourth-order valence-corrected chi connectivity index (χ4v) is 5.91. The molecule has 0 N–H and O–H groups in total. The molecule has 1 spiro atoms. The van der Waals surface area contributed by atoms with Crippen molar-refractivity contribution in [3.05, 3.63) is 59.7 Å². The third kappa shape index (κ3) is 1.23. The number of rotatable bonds is 0. The molecule has 1 fully saturated rings. The van der Waals surface area contributed by atoms with Crippen LogP contribution in [0.1, 0.15) is 28.3 Å². The molecule has 2 aromatic rings. The Bertz CT molecular complexity index is 871. The van der Waals surface area contributed by atoms with Gasteiger partial charge in [-0.25, -0.2) is 0 Å². The van der Waals surface area contributed by atoms with Gasteiger partial charge in [-0.3, -0.25) is 9.69 Å². The zero-order valence-corrected chi connectivity index (χ0v) is 12.5. The molecule has 2 aromatic carbocycles. The first-order valence-electron chi connectivity index (χ1n) is 7.37. The molecular formula is C18H12N2OS. The van der Waals surface area contributed by atoms with E-state index in [0.717, 1.165) is 28.1 Å². The Morgan fingerprint density at radius 2 is 1.95 bits per heavy atom. The van der Waals surface area contributed by atoms with Crippen molar-refractivity contribution in [2.45, 2.75) is 22.1 Å². The molecule has 0 saturated heterocycles. The summed E-state index contributed by atoms with van der Waals surface area (Å²) in [6.07, 6.45) is 0.744. The fraction of sp³-hybridized carbons (Fsp3) is 0.222. The molecule has 2 heterocycles. The number of amides is 1. The van der Waals surface area contributed by atoms with E-state index >= 15 is 0 Å². The third-order valence-electron chi connectivity index (χ3n) is 5.07.